The van der Waals surface area contributed by atoms with E-state index in [2.05, 4.69) is 14.7 Å². The molecule has 0 aliphatic rings. The van der Waals surface area contributed by atoms with Crippen LogP contribution in [0.4, 0.5) is 0 Å². The number of carbonyl (C=O) groups excluding carboxylic acids is 1. The van der Waals surface area contributed by atoms with Gasteiger partial charge in [-0.25, -0.2) is 9.78 Å². The molecule has 0 saturated carbocycles. The van der Waals surface area contributed by atoms with Crippen LogP contribution in [-0.4, -0.2) is 23.0 Å². The minimum absolute atomic E-state index is 0.215. The summed E-state index contributed by atoms with van der Waals surface area (Å²) in [4.78, 5) is 30.9. The van der Waals surface area contributed by atoms with Crippen molar-refractivity contribution >= 4 is 16.9 Å². The third-order valence-electron chi connectivity index (χ3n) is 3.39. The number of carbonyl (C=O) groups is 1. The number of H-pyrrole nitrogens is 1. The Labute approximate surface area is 126 Å². The monoisotopic (exact) mass is 294 g/mol. The molecule has 0 atom stereocenters. The summed E-state index contributed by atoms with van der Waals surface area (Å²) in [6, 6.07) is 14.5. The van der Waals surface area contributed by atoms with Crippen molar-refractivity contribution in [2.75, 3.05) is 7.11 Å². The largest absolute Gasteiger partial charge is 0.465 e. The topological polar surface area (TPSA) is 72.1 Å². The number of fused-ring (bicyclic) bond motifs is 1. The van der Waals surface area contributed by atoms with Crippen molar-refractivity contribution in [2.24, 2.45) is 0 Å². The van der Waals surface area contributed by atoms with Crippen LogP contribution in [0.5, 0.6) is 0 Å². The fourth-order valence-corrected chi connectivity index (χ4v) is 2.31. The van der Waals surface area contributed by atoms with Gasteiger partial charge in [0, 0.05) is 6.42 Å². The minimum atomic E-state index is -0.450. The fraction of sp³-hybridized carbons (Fsp3) is 0.118. The molecule has 1 N–H and O–H groups in total. The zero-order valence-corrected chi connectivity index (χ0v) is 12.0. The van der Waals surface area contributed by atoms with E-state index in [1.54, 1.807) is 18.2 Å². The predicted octanol–water partition coefficient (Wildman–Crippen LogP) is 2.30. The fourth-order valence-electron chi connectivity index (χ4n) is 2.31. The first-order valence-electron chi connectivity index (χ1n) is 6.82. The predicted molar refractivity (Wildman–Crippen MR) is 83.0 cm³/mol. The zero-order chi connectivity index (χ0) is 15.5. The Hall–Kier alpha value is -2.95. The molecule has 0 amide bonds. The lowest BCUT2D eigenvalue weighted by Crippen LogP contribution is -2.13. The summed E-state index contributed by atoms with van der Waals surface area (Å²) in [5, 5.41) is 0.449. The van der Waals surface area contributed by atoms with E-state index in [1.165, 1.54) is 7.11 Å². The summed E-state index contributed by atoms with van der Waals surface area (Å²) in [6.07, 6.45) is 0.522. The molecule has 1 aromatic heterocycles. The summed E-state index contributed by atoms with van der Waals surface area (Å²) in [6.45, 7) is 0. The maximum Gasteiger partial charge on any atom is 0.337 e. The van der Waals surface area contributed by atoms with Crippen molar-refractivity contribution in [2.45, 2.75) is 6.42 Å². The van der Waals surface area contributed by atoms with E-state index in [4.69, 9.17) is 0 Å². The second-order valence-electron chi connectivity index (χ2n) is 4.90. The van der Waals surface area contributed by atoms with Gasteiger partial charge in [0.05, 0.1) is 23.6 Å². The normalized spacial score (nSPS) is 10.6. The lowest BCUT2D eigenvalue weighted by molar-refractivity contribution is 0.0601. The number of nitrogens with zero attached hydrogens (tertiary/aromatic N) is 1. The molecule has 0 fully saturated rings. The van der Waals surface area contributed by atoms with Crippen molar-refractivity contribution < 1.29 is 9.53 Å². The first-order valence-corrected chi connectivity index (χ1v) is 6.82. The van der Waals surface area contributed by atoms with Gasteiger partial charge in [-0.2, -0.15) is 0 Å². The van der Waals surface area contributed by atoms with E-state index in [-0.39, 0.29) is 5.56 Å². The molecule has 3 aromatic rings. The molecule has 0 unspecified atom stereocenters. The van der Waals surface area contributed by atoms with Gasteiger partial charge in [0.15, 0.2) is 0 Å². The van der Waals surface area contributed by atoms with Crippen LogP contribution in [0.25, 0.3) is 10.9 Å². The van der Waals surface area contributed by atoms with Crippen LogP contribution in [0.1, 0.15) is 21.7 Å². The maximum atomic E-state index is 12.1. The molecular weight excluding hydrogens is 280 g/mol. The van der Waals surface area contributed by atoms with E-state index in [1.807, 2.05) is 30.3 Å². The number of aromatic nitrogens is 2. The number of methoxy groups -OCH3 is 1. The quantitative estimate of drug-likeness (QED) is 0.752. The Morgan fingerprint density at radius 3 is 2.68 bits per heavy atom. The highest BCUT2D eigenvalue weighted by molar-refractivity contribution is 5.93. The summed E-state index contributed by atoms with van der Waals surface area (Å²) in [7, 11) is 1.32. The van der Waals surface area contributed by atoms with Gasteiger partial charge in [-0.15, -0.1) is 0 Å². The number of benzene rings is 2. The average molecular weight is 294 g/mol. The maximum absolute atomic E-state index is 12.1. The van der Waals surface area contributed by atoms with Crippen molar-refractivity contribution in [3.05, 3.63) is 75.8 Å². The molecule has 5 nitrogen and oxygen atoms in total. The highest BCUT2D eigenvalue weighted by Crippen LogP contribution is 2.13. The molecule has 110 valence electrons. The second-order valence-corrected chi connectivity index (χ2v) is 4.90. The highest BCUT2D eigenvalue weighted by Gasteiger charge is 2.10. The van der Waals surface area contributed by atoms with E-state index >= 15 is 0 Å². The molecule has 1 heterocycles. The summed E-state index contributed by atoms with van der Waals surface area (Å²) in [5.74, 6) is 0.110. The molecule has 0 aliphatic carbocycles. The van der Waals surface area contributed by atoms with Gasteiger partial charge in [0.25, 0.3) is 5.56 Å². The van der Waals surface area contributed by atoms with Crippen LogP contribution in [0.2, 0.25) is 0 Å². The van der Waals surface area contributed by atoms with Crippen LogP contribution in [0, 0.1) is 0 Å². The molecule has 0 bridgehead atoms. The van der Waals surface area contributed by atoms with Gasteiger partial charge < -0.3 is 9.72 Å². The Balaban J connectivity index is 2.06. The van der Waals surface area contributed by atoms with Crippen molar-refractivity contribution in [3.8, 4) is 0 Å². The molecule has 2 aromatic carbocycles. The Bertz CT molecular complexity index is 885. The van der Waals surface area contributed by atoms with E-state index in [0.717, 1.165) is 5.56 Å². The molecule has 5 heteroatoms. The highest BCUT2D eigenvalue weighted by atomic mass is 16.5. The standard InChI is InChI=1S/C17H14N2O3/c1-22-17(21)12-7-8-13-14(10-12)18-15(19-16(13)20)9-11-5-3-2-4-6-11/h2-8,10H,9H2,1H3,(H,18,19,20). The Morgan fingerprint density at radius 1 is 1.18 bits per heavy atom. The van der Waals surface area contributed by atoms with Crippen LogP contribution in [-0.2, 0) is 11.2 Å². The smallest absolute Gasteiger partial charge is 0.337 e. The van der Waals surface area contributed by atoms with Crippen molar-refractivity contribution in [1.82, 2.24) is 9.97 Å². The molecule has 3 rings (SSSR count). The lowest BCUT2D eigenvalue weighted by atomic mass is 10.1. The van der Waals surface area contributed by atoms with Crippen LogP contribution in [0.15, 0.2) is 53.3 Å². The molecule has 22 heavy (non-hydrogen) atoms. The van der Waals surface area contributed by atoms with Gasteiger partial charge in [0.2, 0.25) is 0 Å². The van der Waals surface area contributed by atoms with Crippen LogP contribution < -0.4 is 5.56 Å². The zero-order valence-electron chi connectivity index (χ0n) is 12.0. The Kier molecular flexibility index (Phi) is 3.70. The summed E-state index contributed by atoms with van der Waals surface area (Å²) in [5.41, 5.74) is 1.69. The third-order valence-corrected chi connectivity index (χ3v) is 3.39. The van der Waals surface area contributed by atoms with Gasteiger partial charge >= 0.3 is 5.97 Å². The molecule has 0 aliphatic heterocycles. The number of esters is 1. The van der Waals surface area contributed by atoms with Gasteiger partial charge in [-0.3, -0.25) is 4.79 Å². The lowest BCUT2D eigenvalue weighted by Gasteiger charge is -2.05. The van der Waals surface area contributed by atoms with Crippen LogP contribution in [0.3, 0.4) is 0 Å². The molecule has 0 spiro atoms. The number of ether oxygens (including phenoxy) is 1. The van der Waals surface area contributed by atoms with Crippen molar-refractivity contribution in [1.29, 1.82) is 0 Å². The van der Waals surface area contributed by atoms with E-state index in [9.17, 15) is 9.59 Å². The summed E-state index contributed by atoms with van der Waals surface area (Å²) >= 11 is 0. The van der Waals surface area contributed by atoms with Crippen molar-refractivity contribution in [3.63, 3.8) is 0 Å². The summed E-state index contributed by atoms with van der Waals surface area (Å²) < 4.78 is 4.69. The van der Waals surface area contributed by atoms with Crippen LogP contribution >= 0.6 is 0 Å². The minimum Gasteiger partial charge on any atom is -0.465 e. The first kappa shape index (κ1) is 14.0. The number of hydrogen-bond donors (Lipinski definition) is 1. The second kappa shape index (κ2) is 5.81. The number of aromatic amines is 1. The SMILES string of the molecule is COC(=O)c1ccc2c(=O)[nH]c(Cc3ccccc3)nc2c1. The number of hydrogen-bond acceptors (Lipinski definition) is 4. The first-order chi connectivity index (χ1) is 10.7. The average Bonchev–Trinajstić information content (AvgIpc) is 2.54. The number of rotatable bonds is 3. The molecular formula is C17H14N2O3. The van der Waals surface area contributed by atoms with Gasteiger partial charge in [-0.1, -0.05) is 30.3 Å². The molecule has 0 radical (unpaired) electrons. The van der Waals surface area contributed by atoms with Gasteiger partial charge in [0.1, 0.15) is 5.82 Å². The van der Waals surface area contributed by atoms with E-state index in [0.29, 0.717) is 28.7 Å². The van der Waals surface area contributed by atoms with Gasteiger partial charge in [-0.05, 0) is 23.8 Å². The third kappa shape index (κ3) is 2.74. The number of nitrogens with one attached hydrogen (secondary N) is 1. The molecule has 0 saturated heterocycles. The van der Waals surface area contributed by atoms with E-state index < -0.39 is 5.97 Å². The Morgan fingerprint density at radius 2 is 1.95 bits per heavy atom.